The van der Waals surface area contributed by atoms with Crippen LogP contribution in [0.15, 0.2) is 42.5 Å². The zero-order valence-corrected chi connectivity index (χ0v) is 11.8. The number of nitrogens with one attached hydrogen (secondary N) is 1. The molecule has 1 heterocycles. The van der Waals surface area contributed by atoms with Gasteiger partial charge in [0, 0.05) is 32.4 Å². The van der Waals surface area contributed by atoms with Crippen molar-refractivity contribution in [3.63, 3.8) is 0 Å². The predicted octanol–water partition coefficient (Wildman–Crippen LogP) is 2.67. The van der Waals surface area contributed by atoms with E-state index in [0.717, 1.165) is 26.1 Å². The number of nitrogens with zero attached hydrogens (tertiary/aromatic N) is 1. The van der Waals surface area contributed by atoms with Gasteiger partial charge in [0.25, 0.3) is 0 Å². The molecule has 2 N–H and O–H groups in total. The molecule has 2 aromatic carbocycles. The zero-order chi connectivity index (χ0) is 13.9. The van der Waals surface area contributed by atoms with Gasteiger partial charge < -0.3 is 15.3 Å². The summed E-state index contributed by atoms with van der Waals surface area (Å²) in [7, 11) is 2.15. The van der Waals surface area contributed by atoms with Gasteiger partial charge in [-0.1, -0.05) is 24.3 Å². The van der Waals surface area contributed by atoms with Crippen LogP contribution in [-0.4, -0.2) is 18.7 Å². The monoisotopic (exact) mass is 268 g/mol. The zero-order valence-electron chi connectivity index (χ0n) is 11.8. The van der Waals surface area contributed by atoms with Gasteiger partial charge in [-0.05, 0) is 41.3 Å². The second kappa shape index (κ2) is 5.55. The third-order valence-corrected chi connectivity index (χ3v) is 3.87. The summed E-state index contributed by atoms with van der Waals surface area (Å²) in [6.45, 7) is 2.81. The first-order valence-corrected chi connectivity index (χ1v) is 7.04. The van der Waals surface area contributed by atoms with Gasteiger partial charge in [0.1, 0.15) is 5.75 Å². The molecule has 0 radical (unpaired) electrons. The van der Waals surface area contributed by atoms with Crippen LogP contribution in [0.25, 0.3) is 0 Å². The lowest BCUT2D eigenvalue weighted by molar-refractivity contribution is 0.475. The number of fused-ring (bicyclic) bond motifs is 1. The Morgan fingerprint density at radius 2 is 1.75 bits per heavy atom. The van der Waals surface area contributed by atoms with Gasteiger partial charge in [-0.3, -0.25) is 0 Å². The molecule has 3 rings (SSSR count). The van der Waals surface area contributed by atoms with Crippen molar-refractivity contribution in [3.05, 3.63) is 59.2 Å². The summed E-state index contributed by atoms with van der Waals surface area (Å²) in [5.41, 5.74) is 5.34. The maximum atomic E-state index is 9.25. The summed E-state index contributed by atoms with van der Waals surface area (Å²) in [4.78, 5) is 2.31. The van der Waals surface area contributed by atoms with E-state index in [1.807, 2.05) is 12.1 Å². The highest BCUT2D eigenvalue weighted by molar-refractivity contribution is 5.58. The Balaban J connectivity index is 1.58. The van der Waals surface area contributed by atoms with E-state index < -0.39 is 0 Å². The van der Waals surface area contributed by atoms with Gasteiger partial charge in [0.05, 0.1) is 0 Å². The quantitative estimate of drug-likeness (QED) is 0.895. The van der Waals surface area contributed by atoms with Crippen LogP contribution in [0.4, 0.5) is 5.69 Å². The van der Waals surface area contributed by atoms with E-state index in [1.54, 1.807) is 12.1 Å². The molecule has 20 heavy (non-hydrogen) atoms. The molecule has 0 saturated heterocycles. The number of phenols is 1. The molecular weight excluding hydrogens is 248 g/mol. The fourth-order valence-corrected chi connectivity index (χ4v) is 2.70. The maximum Gasteiger partial charge on any atom is 0.115 e. The summed E-state index contributed by atoms with van der Waals surface area (Å²) in [5.74, 6) is 0.316. The van der Waals surface area contributed by atoms with E-state index in [4.69, 9.17) is 0 Å². The Bertz CT molecular complexity index is 592. The van der Waals surface area contributed by atoms with Crippen molar-refractivity contribution in [3.8, 4) is 5.75 Å². The van der Waals surface area contributed by atoms with Crippen LogP contribution < -0.4 is 10.2 Å². The average Bonchev–Trinajstić information content (AvgIpc) is 2.82. The summed E-state index contributed by atoms with van der Waals surface area (Å²) in [6.07, 6.45) is 1.15. The van der Waals surface area contributed by atoms with Crippen molar-refractivity contribution in [2.24, 2.45) is 0 Å². The molecule has 3 nitrogen and oxygen atoms in total. The van der Waals surface area contributed by atoms with Crippen molar-refractivity contribution in [2.75, 3.05) is 18.5 Å². The number of anilines is 1. The molecule has 3 heteroatoms. The Morgan fingerprint density at radius 3 is 2.55 bits per heavy atom. The molecule has 0 fully saturated rings. The largest absolute Gasteiger partial charge is 0.508 e. The van der Waals surface area contributed by atoms with Crippen molar-refractivity contribution in [1.29, 1.82) is 0 Å². The highest BCUT2D eigenvalue weighted by atomic mass is 16.3. The molecule has 0 aliphatic carbocycles. The Morgan fingerprint density at radius 1 is 1.05 bits per heavy atom. The first kappa shape index (κ1) is 13.0. The molecule has 2 aromatic rings. The molecule has 0 amide bonds. The topological polar surface area (TPSA) is 35.5 Å². The number of likely N-dealkylation sites (N-methyl/N-ethyl adjacent to an activating group) is 1. The number of phenolic OH excluding ortho intramolecular Hbond substituents is 1. The number of rotatable bonds is 4. The lowest BCUT2D eigenvalue weighted by Crippen LogP contribution is -2.13. The van der Waals surface area contributed by atoms with Crippen LogP contribution >= 0.6 is 0 Å². The molecule has 0 aromatic heterocycles. The molecule has 0 atom stereocenters. The number of hydrogen-bond acceptors (Lipinski definition) is 3. The van der Waals surface area contributed by atoms with Crippen LogP contribution in [0.3, 0.4) is 0 Å². The third kappa shape index (κ3) is 2.78. The van der Waals surface area contributed by atoms with Crippen LogP contribution in [0.1, 0.15) is 16.7 Å². The summed E-state index contributed by atoms with van der Waals surface area (Å²) < 4.78 is 0. The Labute approximate surface area is 119 Å². The molecule has 1 aliphatic rings. The highest BCUT2D eigenvalue weighted by Gasteiger charge is 2.15. The van der Waals surface area contributed by atoms with Gasteiger partial charge in [-0.2, -0.15) is 0 Å². The lowest BCUT2D eigenvalue weighted by Gasteiger charge is -2.12. The molecule has 0 bridgehead atoms. The second-order valence-electron chi connectivity index (χ2n) is 5.40. The lowest BCUT2D eigenvalue weighted by atomic mass is 10.1. The molecular formula is C17H20N2O. The Kier molecular flexibility index (Phi) is 3.61. The maximum absolute atomic E-state index is 9.25. The SMILES string of the molecule is CN1CCc2cc(CNCc3ccc(O)cc3)ccc21. The van der Waals surface area contributed by atoms with Crippen LogP contribution in [-0.2, 0) is 19.5 Å². The van der Waals surface area contributed by atoms with E-state index >= 15 is 0 Å². The van der Waals surface area contributed by atoms with E-state index in [-0.39, 0.29) is 0 Å². The smallest absolute Gasteiger partial charge is 0.115 e. The summed E-state index contributed by atoms with van der Waals surface area (Å²) in [6, 6.07) is 14.1. The summed E-state index contributed by atoms with van der Waals surface area (Å²) >= 11 is 0. The Hall–Kier alpha value is -2.00. The van der Waals surface area contributed by atoms with Crippen LogP contribution in [0.2, 0.25) is 0 Å². The minimum Gasteiger partial charge on any atom is -0.508 e. The number of benzene rings is 2. The van der Waals surface area contributed by atoms with Crippen molar-refractivity contribution < 1.29 is 5.11 Å². The van der Waals surface area contributed by atoms with Gasteiger partial charge in [0.15, 0.2) is 0 Å². The van der Waals surface area contributed by atoms with Gasteiger partial charge in [0.2, 0.25) is 0 Å². The average molecular weight is 268 g/mol. The molecule has 0 saturated carbocycles. The fraction of sp³-hybridized carbons (Fsp3) is 0.294. The number of aromatic hydroxyl groups is 1. The number of hydrogen-bond donors (Lipinski definition) is 2. The van der Waals surface area contributed by atoms with Crippen molar-refractivity contribution in [2.45, 2.75) is 19.5 Å². The van der Waals surface area contributed by atoms with E-state index in [0.29, 0.717) is 5.75 Å². The third-order valence-electron chi connectivity index (χ3n) is 3.87. The minimum atomic E-state index is 0.316. The normalized spacial score (nSPS) is 13.6. The van der Waals surface area contributed by atoms with E-state index in [9.17, 15) is 5.11 Å². The molecule has 1 aliphatic heterocycles. The van der Waals surface area contributed by atoms with Gasteiger partial charge in [-0.25, -0.2) is 0 Å². The van der Waals surface area contributed by atoms with Crippen LogP contribution in [0.5, 0.6) is 5.75 Å². The molecule has 0 unspecified atom stereocenters. The fourth-order valence-electron chi connectivity index (χ4n) is 2.70. The second-order valence-corrected chi connectivity index (χ2v) is 5.40. The van der Waals surface area contributed by atoms with Gasteiger partial charge >= 0.3 is 0 Å². The van der Waals surface area contributed by atoms with E-state index in [2.05, 4.69) is 35.5 Å². The first-order chi connectivity index (χ1) is 9.72. The first-order valence-electron chi connectivity index (χ1n) is 7.04. The molecule has 104 valence electrons. The van der Waals surface area contributed by atoms with Gasteiger partial charge in [-0.15, -0.1) is 0 Å². The molecule has 0 spiro atoms. The standard InChI is InChI=1S/C17H20N2O/c1-19-9-8-15-10-14(4-7-17(15)19)12-18-11-13-2-5-16(20)6-3-13/h2-7,10,18,20H,8-9,11-12H2,1H3. The van der Waals surface area contributed by atoms with E-state index in [1.165, 1.54) is 22.4 Å². The highest BCUT2D eigenvalue weighted by Crippen LogP contribution is 2.27. The van der Waals surface area contributed by atoms with Crippen molar-refractivity contribution >= 4 is 5.69 Å². The van der Waals surface area contributed by atoms with Crippen LogP contribution in [0, 0.1) is 0 Å². The predicted molar refractivity (Wildman–Crippen MR) is 82.1 cm³/mol. The van der Waals surface area contributed by atoms with Crippen molar-refractivity contribution in [1.82, 2.24) is 5.32 Å². The summed E-state index contributed by atoms with van der Waals surface area (Å²) in [5, 5.41) is 12.7. The minimum absolute atomic E-state index is 0.316.